The van der Waals surface area contributed by atoms with Crippen LogP contribution in [0.1, 0.15) is 45.2 Å². The summed E-state index contributed by atoms with van der Waals surface area (Å²) in [6.07, 6.45) is -0.539. The van der Waals surface area contributed by atoms with Crippen LogP contribution in [0.3, 0.4) is 0 Å². The van der Waals surface area contributed by atoms with E-state index in [2.05, 4.69) is 10.6 Å². The van der Waals surface area contributed by atoms with Gasteiger partial charge in [0.1, 0.15) is 5.60 Å². The van der Waals surface area contributed by atoms with Crippen molar-refractivity contribution in [1.29, 1.82) is 0 Å². The minimum Gasteiger partial charge on any atom is -0.444 e. The highest BCUT2D eigenvalue weighted by atomic mass is 35.5. The summed E-state index contributed by atoms with van der Waals surface area (Å²) in [5.41, 5.74) is -1.25. The highest BCUT2D eigenvalue weighted by Crippen LogP contribution is 2.13. The van der Waals surface area contributed by atoms with Crippen LogP contribution in [0.2, 0.25) is 5.22 Å². The lowest BCUT2D eigenvalue weighted by Crippen LogP contribution is -2.52. The van der Waals surface area contributed by atoms with Crippen LogP contribution in [0.5, 0.6) is 0 Å². The lowest BCUT2D eigenvalue weighted by atomic mass is 10.1. The van der Waals surface area contributed by atoms with Crippen molar-refractivity contribution in [3.63, 3.8) is 0 Å². The minimum atomic E-state index is -0.672. The largest absolute Gasteiger partial charge is 0.444 e. The van der Waals surface area contributed by atoms with Crippen molar-refractivity contribution in [3.05, 3.63) is 23.1 Å². The van der Waals surface area contributed by atoms with Crippen LogP contribution < -0.4 is 10.6 Å². The van der Waals surface area contributed by atoms with Gasteiger partial charge in [-0.05, 0) is 58.4 Å². The molecular formula is C14H21ClN2O4. The van der Waals surface area contributed by atoms with E-state index in [0.29, 0.717) is 0 Å². The number of rotatable bonds is 4. The van der Waals surface area contributed by atoms with Crippen molar-refractivity contribution in [2.75, 3.05) is 6.54 Å². The van der Waals surface area contributed by atoms with E-state index in [9.17, 15) is 9.59 Å². The first-order valence-corrected chi connectivity index (χ1v) is 6.91. The molecule has 1 heterocycles. The van der Waals surface area contributed by atoms with Crippen molar-refractivity contribution in [3.8, 4) is 0 Å². The monoisotopic (exact) mass is 316 g/mol. The van der Waals surface area contributed by atoms with E-state index in [-0.39, 0.29) is 17.5 Å². The molecule has 0 aliphatic heterocycles. The summed E-state index contributed by atoms with van der Waals surface area (Å²) in [5, 5.41) is 5.50. The normalized spacial score (nSPS) is 11.9. The fourth-order valence-corrected chi connectivity index (χ4v) is 1.59. The Bertz CT molecular complexity index is 517. The second kappa shape index (κ2) is 6.39. The first-order chi connectivity index (χ1) is 9.48. The summed E-state index contributed by atoms with van der Waals surface area (Å²) < 4.78 is 10.2. The van der Waals surface area contributed by atoms with Gasteiger partial charge in [-0.25, -0.2) is 4.79 Å². The lowest BCUT2D eigenvalue weighted by molar-refractivity contribution is 0.0468. The molecule has 0 saturated heterocycles. The van der Waals surface area contributed by atoms with Gasteiger partial charge in [-0.3, -0.25) is 4.79 Å². The maximum Gasteiger partial charge on any atom is 0.408 e. The molecule has 0 aliphatic rings. The number of furan rings is 1. The van der Waals surface area contributed by atoms with Gasteiger partial charge >= 0.3 is 6.09 Å². The first kappa shape index (κ1) is 17.4. The molecule has 0 saturated carbocycles. The van der Waals surface area contributed by atoms with Gasteiger partial charge in [-0.15, -0.1) is 0 Å². The van der Waals surface area contributed by atoms with Crippen molar-refractivity contribution in [2.24, 2.45) is 0 Å². The summed E-state index contributed by atoms with van der Waals surface area (Å²) >= 11 is 5.60. The fraction of sp³-hybridized carbons (Fsp3) is 0.571. The van der Waals surface area contributed by atoms with E-state index in [4.69, 9.17) is 20.8 Å². The van der Waals surface area contributed by atoms with E-state index in [1.807, 2.05) is 0 Å². The van der Waals surface area contributed by atoms with Crippen LogP contribution in [0.25, 0.3) is 0 Å². The average Bonchev–Trinajstić information content (AvgIpc) is 2.69. The molecule has 0 bridgehead atoms. The number of halogens is 1. The average molecular weight is 317 g/mol. The van der Waals surface area contributed by atoms with Gasteiger partial charge in [0.2, 0.25) is 0 Å². The summed E-state index contributed by atoms with van der Waals surface area (Å²) in [7, 11) is 0. The molecular weight excluding hydrogens is 296 g/mol. The molecule has 1 rings (SSSR count). The number of nitrogens with one attached hydrogen (secondary N) is 2. The SMILES string of the molecule is CC(C)(CNC(=O)c1ccc(Cl)o1)NC(=O)OC(C)(C)C. The van der Waals surface area contributed by atoms with E-state index in [1.165, 1.54) is 12.1 Å². The molecule has 6 nitrogen and oxygen atoms in total. The Morgan fingerprint density at radius 1 is 1.24 bits per heavy atom. The van der Waals surface area contributed by atoms with E-state index < -0.39 is 23.1 Å². The predicted molar refractivity (Wildman–Crippen MR) is 79.5 cm³/mol. The Hall–Kier alpha value is -1.69. The molecule has 0 radical (unpaired) electrons. The standard InChI is InChI=1S/C14H21ClN2O4/c1-13(2,3)21-12(19)17-14(4,5)8-16-11(18)9-6-7-10(15)20-9/h6-7H,8H2,1-5H3,(H,16,18)(H,17,19). The molecule has 2 N–H and O–H groups in total. The molecule has 21 heavy (non-hydrogen) atoms. The van der Waals surface area contributed by atoms with E-state index in [1.54, 1.807) is 34.6 Å². The second-order valence-corrected chi connectivity index (χ2v) is 6.67. The highest BCUT2D eigenvalue weighted by Gasteiger charge is 2.25. The van der Waals surface area contributed by atoms with Gasteiger partial charge in [0.25, 0.3) is 5.91 Å². The van der Waals surface area contributed by atoms with Crippen LogP contribution in [0.4, 0.5) is 4.79 Å². The summed E-state index contributed by atoms with van der Waals surface area (Å²) in [5.74, 6) is -0.283. The zero-order valence-electron chi connectivity index (χ0n) is 12.9. The Morgan fingerprint density at radius 2 is 1.86 bits per heavy atom. The number of carbonyl (C=O) groups is 2. The Kier molecular flexibility index (Phi) is 5.28. The van der Waals surface area contributed by atoms with Crippen LogP contribution >= 0.6 is 11.6 Å². The molecule has 0 spiro atoms. The van der Waals surface area contributed by atoms with Crippen molar-refractivity contribution < 1.29 is 18.7 Å². The molecule has 0 unspecified atom stereocenters. The summed E-state index contributed by atoms with van der Waals surface area (Å²) in [6, 6.07) is 2.96. The predicted octanol–water partition coefficient (Wildman–Crippen LogP) is 2.97. The highest BCUT2D eigenvalue weighted by molar-refractivity contribution is 6.29. The molecule has 0 fully saturated rings. The van der Waals surface area contributed by atoms with E-state index >= 15 is 0 Å². The Balaban J connectivity index is 2.49. The smallest absolute Gasteiger partial charge is 0.408 e. The third kappa shape index (κ3) is 6.53. The molecule has 0 aromatic carbocycles. The summed E-state index contributed by atoms with van der Waals surface area (Å²) in [4.78, 5) is 23.5. The van der Waals surface area contributed by atoms with Gasteiger partial charge in [-0.2, -0.15) is 0 Å². The van der Waals surface area contributed by atoms with E-state index in [0.717, 1.165) is 0 Å². The third-order valence-electron chi connectivity index (χ3n) is 2.33. The van der Waals surface area contributed by atoms with Gasteiger partial charge in [0, 0.05) is 6.54 Å². The first-order valence-electron chi connectivity index (χ1n) is 6.53. The molecule has 7 heteroatoms. The van der Waals surface area contributed by atoms with Crippen LogP contribution in [-0.2, 0) is 4.74 Å². The third-order valence-corrected chi connectivity index (χ3v) is 2.53. The topological polar surface area (TPSA) is 80.6 Å². The lowest BCUT2D eigenvalue weighted by Gasteiger charge is -2.28. The summed E-state index contributed by atoms with van der Waals surface area (Å²) in [6.45, 7) is 9.09. The second-order valence-electron chi connectivity index (χ2n) is 6.30. The van der Waals surface area contributed by atoms with Crippen LogP contribution in [0.15, 0.2) is 16.5 Å². The number of alkyl carbamates (subject to hydrolysis) is 1. The Labute approximate surface area is 129 Å². The van der Waals surface area contributed by atoms with Gasteiger partial charge in [-0.1, -0.05) is 0 Å². The molecule has 1 aromatic rings. The maximum atomic E-state index is 11.8. The zero-order valence-corrected chi connectivity index (χ0v) is 13.6. The van der Waals surface area contributed by atoms with Gasteiger partial charge in [0.05, 0.1) is 5.54 Å². The number of carbonyl (C=O) groups excluding carboxylic acids is 2. The quantitative estimate of drug-likeness (QED) is 0.895. The number of hydrogen-bond donors (Lipinski definition) is 2. The van der Waals surface area contributed by atoms with Crippen molar-refractivity contribution >= 4 is 23.6 Å². The number of amides is 2. The van der Waals surface area contributed by atoms with Crippen LogP contribution in [-0.4, -0.2) is 29.7 Å². The Morgan fingerprint density at radius 3 is 2.33 bits per heavy atom. The minimum absolute atomic E-state index is 0.119. The maximum absolute atomic E-state index is 11.8. The van der Waals surface area contributed by atoms with Gasteiger partial charge < -0.3 is 19.8 Å². The molecule has 1 aromatic heterocycles. The fourth-order valence-electron chi connectivity index (χ4n) is 1.45. The molecule has 2 amide bonds. The van der Waals surface area contributed by atoms with Crippen molar-refractivity contribution in [1.82, 2.24) is 10.6 Å². The molecule has 0 atom stereocenters. The van der Waals surface area contributed by atoms with Gasteiger partial charge in [0.15, 0.2) is 11.0 Å². The van der Waals surface area contributed by atoms with Crippen LogP contribution in [0, 0.1) is 0 Å². The molecule has 0 aliphatic carbocycles. The number of ether oxygens (including phenoxy) is 1. The van der Waals surface area contributed by atoms with Crippen molar-refractivity contribution in [2.45, 2.75) is 45.8 Å². The zero-order chi connectivity index (χ0) is 16.3. The molecule has 118 valence electrons. The number of hydrogen-bond acceptors (Lipinski definition) is 4.